The summed E-state index contributed by atoms with van der Waals surface area (Å²) in [5, 5.41) is 9.87. The van der Waals surface area contributed by atoms with Crippen molar-refractivity contribution in [1.29, 1.82) is 0 Å². The number of likely N-dealkylation sites (tertiary alicyclic amines) is 1. The average molecular weight is 653 g/mol. The zero-order valence-electron chi connectivity index (χ0n) is 32.8. The second-order valence-electron chi connectivity index (χ2n) is 16.4. The van der Waals surface area contributed by atoms with Gasteiger partial charge in [0, 0.05) is 44.9 Å². The van der Waals surface area contributed by atoms with E-state index >= 15 is 0 Å². The Bertz CT molecular complexity index is 655. The van der Waals surface area contributed by atoms with E-state index in [2.05, 4.69) is 100 Å². The molecule has 4 rings (SSSR count). The van der Waals surface area contributed by atoms with Gasteiger partial charge in [-0.15, -0.1) is 0 Å². The van der Waals surface area contributed by atoms with Gasteiger partial charge in [-0.3, -0.25) is 0 Å². The molecule has 7 nitrogen and oxygen atoms in total. The number of likely N-dealkylation sites (N-methyl/N-ethyl adjacent to an activating group) is 1. The van der Waals surface area contributed by atoms with Crippen LogP contribution in [0.15, 0.2) is 0 Å². The minimum Gasteiger partial charge on any atom is -0.376 e. The summed E-state index contributed by atoms with van der Waals surface area (Å²) < 4.78 is 5.53. The minimum absolute atomic E-state index is 0.513. The van der Waals surface area contributed by atoms with Gasteiger partial charge in [0.05, 0.1) is 6.10 Å². The van der Waals surface area contributed by atoms with E-state index in [0.717, 1.165) is 55.5 Å². The van der Waals surface area contributed by atoms with Gasteiger partial charge in [-0.2, -0.15) is 0 Å². The van der Waals surface area contributed by atoms with Gasteiger partial charge in [0.15, 0.2) is 0 Å². The largest absolute Gasteiger partial charge is 0.376 e. The van der Waals surface area contributed by atoms with Crippen molar-refractivity contribution in [3.63, 3.8) is 0 Å². The maximum absolute atomic E-state index is 5.53. The topological polar surface area (TPSA) is 55.0 Å². The number of hydrogen-bond donors (Lipinski definition) is 3. The van der Waals surface area contributed by atoms with E-state index in [9.17, 15) is 0 Å². The van der Waals surface area contributed by atoms with E-state index in [4.69, 9.17) is 4.74 Å². The lowest BCUT2D eigenvalue weighted by Gasteiger charge is -2.35. The van der Waals surface area contributed by atoms with Crippen LogP contribution in [0.1, 0.15) is 120 Å². The molecule has 0 aromatic rings. The van der Waals surface area contributed by atoms with Crippen LogP contribution in [0.3, 0.4) is 0 Å². The molecular formula is C39H84N6O. The Morgan fingerprint density at radius 2 is 1.11 bits per heavy atom. The van der Waals surface area contributed by atoms with Crippen LogP contribution >= 0.6 is 0 Å². The Balaban J connectivity index is 0.000000308. The molecule has 3 N–H and O–H groups in total. The van der Waals surface area contributed by atoms with Gasteiger partial charge < -0.3 is 35.4 Å². The molecule has 4 fully saturated rings. The summed E-state index contributed by atoms with van der Waals surface area (Å²) in [6.45, 7) is 32.7. The first kappa shape index (κ1) is 43.7. The number of piperidine rings is 2. The summed E-state index contributed by atoms with van der Waals surface area (Å²) in [6, 6.07) is 1.65. The normalized spacial score (nSPS) is 19.8. The van der Waals surface area contributed by atoms with Crippen molar-refractivity contribution in [3.8, 4) is 0 Å². The summed E-state index contributed by atoms with van der Waals surface area (Å²) in [4.78, 5) is 7.64. The highest BCUT2D eigenvalue weighted by Gasteiger charge is 2.21. The molecular weight excluding hydrogens is 568 g/mol. The second kappa shape index (κ2) is 27.5. The Hall–Kier alpha value is -0.280. The summed E-state index contributed by atoms with van der Waals surface area (Å²) in [7, 11) is 4.51. The molecule has 0 aliphatic carbocycles. The van der Waals surface area contributed by atoms with Crippen LogP contribution in [0, 0.1) is 23.7 Å². The molecule has 0 bridgehead atoms. The van der Waals surface area contributed by atoms with Gasteiger partial charge in [-0.1, -0.05) is 61.8 Å². The molecule has 0 aromatic heterocycles. The maximum Gasteiger partial charge on any atom is 0.0823 e. The van der Waals surface area contributed by atoms with E-state index in [-0.39, 0.29) is 0 Å². The highest BCUT2D eigenvalue weighted by atomic mass is 16.5. The van der Waals surface area contributed by atoms with Crippen molar-refractivity contribution in [2.75, 3.05) is 92.7 Å². The third-order valence-corrected chi connectivity index (χ3v) is 9.93. The lowest BCUT2D eigenvalue weighted by atomic mass is 10.0. The van der Waals surface area contributed by atoms with Crippen LogP contribution in [-0.4, -0.2) is 126 Å². The van der Waals surface area contributed by atoms with Crippen molar-refractivity contribution in [1.82, 2.24) is 30.7 Å². The first-order valence-electron chi connectivity index (χ1n) is 19.8. The second-order valence-corrected chi connectivity index (χ2v) is 16.4. The van der Waals surface area contributed by atoms with E-state index in [1.807, 2.05) is 0 Å². The van der Waals surface area contributed by atoms with Crippen molar-refractivity contribution in [3.05, 3.63) is 0 Å². The Morgan fingerprint density at radius 1 is 0.609 bits per heavy atom. The van der Waals surface area contributed by atoms with Crippen molar-refractivity contribution in [2.24, 2.45) is 23.7 Å². The Kier molecular flexibility index (Phi) is 26.2. The molecule has 7 heteroatoms. The predicted octanol–water partition coefficient (Wildman–Crippen LogP) is 6.58. The fourth-order valence-electron chi connectivity index (χ4n) is 5.88. The van der Waals surface area contributed by atoms with Crippen LogP contribution in [0.2, 0.25) is 0 Å². The molecule has 0 radical (unpaired) electrons. The Morgan fingerprint density at radius 3 is 1.54 bits per heavy atom. The van der Waals surface area contributed by atoms with Gasteiger partial charge in [0.2, 0.25) is 0 Å². The van der Waals surface area contributed by atoms with E-state index in [1.54, 1.807) is 0 Å². The molecule has 0 atom stereocenters. The molecule has 0 spiro atoms. The molecule has 4 heterocycles. The fourth-order valence-corrected chi connectivity index (χ4v) is 5.88. The van der Waals surface area contributed by atoms with Crippen LogP contribution in [0.25, 0.3) is 0 Å². The van der Waals surface area contributed by atoms with E-state index < -0.39 is 0 Å². The fraction of sp³-hybridized carbons (Fsp3) is 1.00. The monoisotopic (exact) mass is 653 g/mol. The van der Waals surface area contributed by atoms with E-state index in [1.165, 1.54) is 123 Å². The highest BCUT2D eigenvalue weighted by Crippen LogP contribution is 2.13. The zero-order chi connectivity index (χ0) is 34.2. The molecule has 0 unspecified atom stereocenters. The molecule has 0 amide bonds. The smallest absolute Gasteiger partial charge is 0.0823 e. The van der Waals surface area contributed by atoms with Gasteiger partial charge in [0.25, 0.3) is 0 Å². The first-order valence-corrected chi connectivity index (χ1v) is 19.8. The van der Waals surface area contributed by atoms with Crippen molar-refractivity contribution < 1.29 is 4.74 Å². The van der Waals surface area contributed by atoms with Gasteiger partial charge in [-0.25, -0.2) is 0 Å². The SMILES string of the molecule is CC(C)CCCN1CCCCC1.CC(C)CCN(C)C1CCNCC1.CC(C)CCN(C)C1CNC1.CC(C)CCOC1CNC1. The summed E-state index contributed by atoms with van der Waals surface area (Å²) in [5.41, 5.74) is 0. The van der Waals surface area contributed by atoms with Gasteiger partial charge in [0.1, 0.15) is 0 Å². The maximum atomic E-state index is 5.53. The molecule has 4 saturated heterocycles. The quantitative estimate of drug-likeness (QED) is 0.174. The van der Waals surface area contributed by atoms with Crippen molar-refractivity contribution >= 4 is 0 Å². The van der Waals surface area contributed by atoms with Gasteiger partial charge in [-0.05, 0) is 141 Å². The first-order chi connectivity index (χ1) is 22.0. The lowest BCUT2D eigenvalue weighted by molar-refractivity contribution is 0.0138. The number of rotatable bonds is 16. The minimum atomic E-state index is 0.513. The molecule has 46 heavy (non-hydrogen) atoms. The van der Waals surface area contributed by atoms with Crippen LogP contribution in [0.4, 0.5) is 0 Å². The zero-order valence-corrected chi connectivity index (χ0v) is 32.8. The molecule has 276 valence electrons. The van der Waals surface area contributed by atoms with Crippen LogP contribution < -0.4 is 16.0 Å². The third-order valence-electron chi connectivity index (χ3n) is 9.93. The standard InChI is InChI=1S/C11H24N2.C11H23N.C9H20N2.C8H17NO/c1-10(2)6-9-13(3)11-4-7-12-8-5-11;1-11(2)7-6-10-12-8-4-3-5-9-12;1-8(2)4-5-11(3)9-6-10-7-9;1-7(2)3-4-10-8-5-9-6-8/h10-12H,4-9H2,1-3H3;11H,3-10H2,1-2H3;8-10H,4-7H2,1-3H3;7-9H,3-6H2,1-2H3. The number of nitrogens with zero attached hydrogens (tertiary/aromatic N) is 3. The summed E-state index contributed by atoms with van der Waals surface area (Å²) in [5.74, 6) is 3.33. The van der Waals surface area contributed by atoms with E-state index in [0.29, 0.717) is 6.10 Å². The summed E-state index contributed by atoms with van der Waals surface area (Å²) in [6.07, 6.45) is 14.1. The van der Waals surface area contributed by atoms with Crippen LogP contribution in [-0.2, 0) is 4.74 Å². The molecule has 0 saturated carbocycles. The third kappa shape index (κ3) is 23.9. The highest BCUT2D eigenvalue weighted by molar-refractivity contribution is 4.82. The molecule has 4 aliphatic heterocycles. The molecule has 0 aromatic carbocycles. The molecule has 4 aliphatic rings. The van der Waals surface area contributed by atoms with Crippen LogP contribution in [0.5, 0.6) is 0 Å². The Labute approximate surface area is 289 Å². The number of nitrogens with one attached hydrogen (secondary N) is 3. The average Bonchev–Trinajstić information content (AvgIpc) is 2.97. The predicted molar refractivity (Wildman–Crippen MR) is 203 cm³/mol. The summed E-state index contributed by atoms with van der Waals surface area (Å²) >= 11 is 0. The number of hydrogen-bond acceptors (Lipinski definition) is 7. The van der Waals surface area contributed by atoms with Gasteiger partial charge >= 0.3 is 0 Å². The van der Waals surface area contributed by atoms with Crippen molar-refractivity contribution in [2.45, 2.75) is 138 Å². The number of ether oxygens (including phenoxy) is 1. The lowest BCUT2D eigenvalue weighted by Crippen LogP contribution is -2.56.